The topological polar surface area (TPSA) is 113 Å². The van der Waals surface area contributed by atoms with Gasteiger partial charge >= 0.3 is 5.91 Å². The molecule has 8 heteroatoms. The van der Waals surface area contributed by atoms with Gasteiger partial charge in [0.25, 0.3) is 11.5 Å². The van der Waals surface area contributed by atoms with Crippen LogP contribution in [0.5, 0.6) is 0 Å². The summed E-state index contributed by atoms with van der Waals surface area (Å²) in [6, 6.07) is 14.6. The number of para-hydroxylation sites is 1. The molecule has 0 atom stereocenters. The van der Waals surface area contributed by atoms with Gasteiger partial charge in [-0.05, 0) is 24.3 Å². The van der Waals surface area contributed by atoms with E-state index in [1.807, 2.05) is 0 Å². The molecule has 3 aromatic rings. The molecule has 0 bridgehead atoms. The Labute approximate surface area is 135 Å². The van der Waals surface area contributed by atoms with Crippen molar-refractivity contribution in [3.63, 3.8) is 0 Å². The fourth-order valence-corrected chi connectivity index (χ4v) is 2.19. The number of carbonyl (C=O) groups excluding carboxylic acids is 2. The maximum absolute atomic E-state index is 12.6. The number of amides is 2. The number of benzene rings is 2. The van der Waals surface area contributed by atoms with Crippen molar-refractivity contribution in [3.8, 4) is 0 Å². The van der Waals surface area contributed by atoms with E-state index in [0.29, 0.717) is 10.2 Å². The predicted octanol–water partition coefficient (Wildman–Crippen LogP) is 0.899. The van der Waals surface area contributed by atoms with Gasteiger partial charge in [-0.3, -0.25) is 25.0 Å². The predicted molar refractivity (Wildman–Crippen MR) is 85.4 cm³/mol. The number of hydrogen-bond acceptors (Lipinski definition) is 5. The second kappa shape index (κ2) is 6.31. The monoisotopic (exact) mass is 324 g/mol. The van der Waals surface area contributed by atoms with Crippen LogP contribution in [-0.4, -0.2) is 26.7 Å². The van der Waals surface area contributed by atoms with Crippen LogP contribution in [0.4, 0.5) is 0 Å². The molecule has 0 unspecified atom stereocenters. The van der Waals surface area contributed by atoms with Crippen LogP contribution in [0.3, 0.4) is 0 Å². The normalized spacial score (nSPS) is 10.4. The van der Waals surface area contributed by atoms with Gasteiger partial charge in [-0.1, -0.05) is 30.3 Å². The maximum Gasteiger partial charge on any atom is 0.312 e. The molecule has 0 saturated carbocycles. The number of nitrogens with zero attached hydrogens (tertiary/aromatic N) is 2. The second-order valence-corrected chi connectivity index (χ2v) is 4.84. The second-order valence-electron chi connectivity index (χ2n) is 4.84. The van der Waals surface area contributed by atoms with E-state index >= 15 is 0 Å². The zero-order chi connectivity index (χ0) is 17.1. The third-order valence-electron chi connectivity index (χ3n) is 3.33. The highest BCUT2D eigenvalue weighted by atomic mass is 16.5. The van der Waals surface area contributed by atoms with E-state index in [-0.39, 0.29) is 10.9 Å². The SMILES string of the molecule is O=C(Nn1c(C(=O)NO)nc2ccccc2c1=O)c1ccccc1. The number of carbonyl (C=O) groups is 2. The van der Waals surface area contributed by atoms with E-state index in [1.54, 1.807) is 48.5 Å². The highest BCUT2D eigenvalue weighted by Gasteiger charge is 2.19. The summed E-state index contributed by atoms with van der Waals surface area (Å²) in [5, 5.41) is 9.08. The molecule has 0 fully saturated rings. The molecule has 3 N–H and O–H groups in total. The van der Waals surface area contributed by atoms with Gasteiger partial charge in [0.1, 0.15) is 0 Å². The van der Waals surface area contributed by atoms with Crippen molar-refractivity contribution in [2.24, 2.45) is 0 Å². The maximum atomic E-state index is 12.6. The Morgan fingerprint density at radius 2 is 1.62 bits per heavy atom. The molecule has 0 radical (unpaired) electrons. The molecule has 2 amide bonds. The van der Waals surface area contributed by atoms with E-state index in [9.17, 15) is 14.4 Å². The molecule has 0 spiro atoms. The zero-order valence-corrected chi connectivity index (χ0v) is 12.3. The summed E-state index contributed by atoms with van der Waals surface area (Å²) >= 11 is 0. The van der Waals surface area contributed by atoms with Gasteiger partial charge in [0.15, 0.2) is 0 Å². The Kier molecular flexibility index (Phi) is 4.04. The van der Waals surface area contributed by atoms with Gasteiger partial charge < -0.3 is 0 Å². The molecule has 2 aromatic carbocycles. The highest BCUT2D eigenvalue weighted by Crippen LogP contribution is 2.08. The van der Waals surface area contributed by atoms with Crippen molar-refractivity contribution >= 4 is 22.7 Å². The quantitative estimate of drug-likeness (QED) is 0.489. The van der Waals surface area contributed by atoms with Crippen LogP contribution in [-0.2, 0) is 0 Å². The largest absolute Gasteiger partial charge is 0.312 e. The van der Waals surface area contributed by atoms with Gasteiger partial charge in [0, 0.05) is 5.56 Å². The van der Waals surface area contributed by atoms with Crippen molar-refractivity contribution in [2.45, 2.75) is 0 Å². The molecule has 8 nitrogen and oxygen atoms in total. The third kappa shape index (κ3) is 2.73. The Hall–Kier alpha value is -3.52. The van der Waals surface area contributed by atoms with Gasteiger partial charge in [0.05, 0.1) is 10.9 Å². The molecule has 24 heavy (non-hydrogen) atoms. The fourth-order valence-electron chi connectivity index (χ4n) is 2.19. The zero-order valence-electron chi connectivity index (χ0n) is 12.3. The van der Waals surface area contributed by atoms with Crippen molar-refractivity contribution in [1.29, 1.82) is 0 Å². The van der Waals surface area contributed by atoms with E-state index in [4.69, 9.17) is 5.21 Å². The lowest BCUT2D eigenvalue weighted by molar-refractivity contribution is 0.0689. The summed E-state index contributed by atoms with van der Waals surface area (Å²) < 4.78 is 0.712. The van der Waals surface area contributed by atoms with Gasteiger partial charge in [0.2, 0.25) is 5.82 Å². The smallest absolute Gasteiger partial charge is 0.288 e. The molecular formula is C16H12N4O4. The van der Waals surface area contributed by atoms with Crippen LogP contribution in [0.25, 0.3) is 10.9 Å². The summed E-state index contributed by atoms with van der Waals surface area (Å²) in [7, 11) is 0. The lowest BCUT2D eigenvalue weighted by atomic mass is 10.2. The first kappa shape index (κ1) is 15.4. The van der Waals surface area contributed by atoms with E-state index in [2.05, 4.69) is 10.4 Å². The van der Waals surface area contributed by atoms with Crippen molar-refractivity contribution in [1.82, 2.24) is 15.1 Å². The summed E-state index contributed by atoms with van der Waals surface area (Å²) in [6.45, 7) is 0. The minimum atomic E-state index is -1.02. The van der Waals surface area contributed by atoms with E-state index in [1.165, 1.54) is 11.5 Å². The first-order valence-corrected chi connectivity index (χ1v) is 6.94. The average Bonchev–Trinajstić information content (AvgIpc) is 2.63. The number of hydroxylamine groups is 1. The lowest BCUT2D eigenvalue weighted by Gasteiger charge is -2.13. The Morgan fingerprint density at radius 3 is 2.33 bits per heavy atom. The van der Waals surface area contributed by atoms with Crippen molar-refractivity contribution < 1.29 is 14.8 Å². The Balaban J connectivity index is 2.15. The summed E-state index contributed by atoms with van der Waals surface area (Å²) in [5.41, 5.74) is 3.68. The summed E-state index contributed by atoms with van der Waals surface area (Å²) in [5.74, 6) is -2.06. The number of nitrogens with one attached hydrogen (secondary N) is 2. The minimum Gasteiger partial charge on any atom is -0.288 e. The first-order chi connectivity index (χ1) is 11.6. The standard InChI is InChI=1S/C16H12N4O4/c21-14(10-6-2-1-3-7-10)18-20-13(15(22)19-24)17-12-9-5-4-8-11(12)16(20)23/h1-9,24H,(H,18,21)(H,19,22). The van der Waals surface area contributed by atoms with Crippen LogP contribution in [0.1, 0.15) is 21.0 Å². The number of hydrogen-bond donors (Lipinski definition) is 3. The van der Waals surface area contributed by atoms with Crippen LogP contribution in [0.15, 0.2) is 59.4 Å². The average molecular weight is 324 g/mol. The highest BCUT2D eigenvalue weighted by molar-refractivity contribution is 6.01. The number of aromatic nitrogens is 2. The Bertz CT molecular complexity index is 982. The summed E-state index contributed by atoms with van der Waals surface area (Å²) in [4.78, 5) is 40.7. The molecule has 120 valence electrons. The number of fused-ring (bicyclic) bond motifs is 1. The van der Waals surface area contributed by atoms with Gasteiger partial charge in [-0.15, -0.1) is 0 Å². The minimum absolute atomic E-state index is 0.223. The fraction of sp³-hybridized carbons (Fsp3) is 0. The molecule has 0 aliphatic heterocycles. The molecule has 0 saturated heterocycles. The molecule has 1 aromatic heterocycles. The molecule has 0 aliphatic rings. The Morgan fingerprint density at radius 1 is 0.958 bits per heavy atom. The van der Waals surface area contributed by atoms with Crippen molar-refractivity contribution in [3.05, 3.63) is 76.3 Å². The van der Waals surface area contributed by atoms with Crippen LogP contribution in [0.2, 0.25) is 0 Å². The molecule has 1 heterocycles. The first-order valence-electron chi connectivity index (χ1n) is 6.94. The number of rotatable bonds is 3. The van der Waals surface area contributed by atoms with Crippen molar-refractivity contribution in [2.75, 3.05) is 5.43 Å². The molecule has 0 aliphatic carbocycles. The van der Waals surface area contributed by atoms with Gasteiger partial charge in [-0.25, -0.2) is 10.5 Å². The van der Waals surface area contributed by atoms with Gasteiger partial charge in [-0.2, -0.15) is 4.68 Å². The van der Waals surface area contributed by atoms with Crippen LogP contribution < -0.4 is 16.5 Å². The lowest BCUT2D eigenvalue weighted by Crippen LogP contribution is -2.40. The van der Waals surface area contributed by atoms with E-state index < -0.39 is 23.2 Å². The molecule has 3 rings (SSSR count). The van der Waals surface area contributed by atoms with Crippen LogP contribution in [0, 0.1) is 0 Å². The van der Waals surface area contributed by atoms with Crippen LogP contribution >= 0.6 is 0 Å². The molecular weight excluding hydrogens is 312 g/mol. The van der Waals surface area contributed by atoms with E-state index in [0.717, 1.165) is 0 Å². The third-order valence-corrected chi connectivity index (χ3v) is 3.33. The summed E-state index contributed by atoms with van der Waals surface area (Å²) in [6.07, 6.45) is 0.